The predicted molar refractivity (Wildman–Crippen MR) is 65.9 cm³/mol. The average molecular weight is 237 g/mol. The highest BCUT2D eigenvalue weighted by molar-refractivity contribution is 5.21. The second-order valence-corrected chi connectivity index (χ2v) is 5.37. The molecular formula is C14H20FNO. The Morgan fingerprint density at radius 2 is 2.35 bits per heavy atom. The molecule has 3 unspecified atom stereocenters. The highest BCUT2D eigenvalue weighted by Crippen LogP contribution is 2.49. The van der Waals surface area contributed by atoms with Gasteiger partial charge < -0.3 is 10.8 Å². The zero-order valence-electron chi connectivity index (χ0n) is 10.2. The Morgan fingerprint density at radius 3 is 2.88 bits per heavy atom. The van der Waals surface area contributed by atoms with Crippen molar-refractivity contribution in [1.82, 2.24) is 0 Å². The minimum absolute atomic E-state index is 0.271. The van der Waals surface area contributed by atoms with E-state index in [0.29, 0.717) is 18.0 Å². The van der Waals surface area contributed by atoms with Gasteiger partial charge in [-0.05, 0) is 36.5 Å². The van der Waals surface area contributed by atoms with E-state index in [1.54, 1.807) is 12.1 Å². The van der Waals surface area contributed by atoms with Gasteiger partial charge in [-0.3, -0.25) is 0 Å². The van der Waals surface area contributed by atoms with Crippen LogP contribution in [0.2, 0.25) is 0 Å². The molecule has 1 saturated carbocycles. The Hall–Kier alpha value is -0.930. The van der Waals surface area contributed by atoms with Crippen LogP contribution in [0, 0.1) is 17.2 Å². The minimum atomic E-state index is -0.659. The number of nitrogens with two attached hydrogens (primary N) is 1. The third-order valence-electron chi connectivity index (χ3n) is 4.04. The third-order valence-corrected chi connectivity index (χ3v) is 4.04. The molecular weight excluding hydrogens is 217 g/mol. The second-order valence-electron chi connectivity index (χ2n) is 5.37. The van der Waals surface area contributed by atoms with Crippen LogP contribution in [0.5, 0.6) is 0 Å². The highest BCUT2D eigenvalue weighted by atomic mass is 19.1. The Balaban J connectivity index is 2.26. The monoisotopic (exact) mass is 237 g/mol. The van der Waals surface area contributed by atoms with E-state index in [4.69, 9.17) is 5.73 Å². The molecule has 0 spiro atoms. The van der Waals surface area contributed by atoms with E-state index >= 15 is 0 Å². The zero-order valence-corrected chi connectivity index (χ0v) is 10.2. The van der Waals surface area contributed by atoms with Gasteiger partial charge in [-0.15, -0.1) is 0 Å². The van der Waals surface area contributed by atoms with Gasteiger partial charge in [-0.2, -0.15) is 0 Å². The molecule has 2 rings (SSSR count). The SMILES string of the molecule is CC1CCC(CN)(C(O)c2cccc(F)c2)C1. The fourth-order valence-electron chi connectivity index (χ4n) is 3.01. The smallest absolute Gasteiger partial charge is 0.123 e. The van der Waals surface area contributed by atoms with E-state index in [9.17, 15) is 9.50 Å². The van der Waals surface area contributed by atoms with Crippen LogP contribution >= 0.6 is 0 Å². The van der Waals surface area contributed by atoms with E-state index in [2.05, 4.69) is 6.92 Å². The molecule has 17 heavy (non-hydrogen) atoms. The summed E-state index contributed by atoms with van der Waals surface area (Å²) in [5.41, 5.74) is 6.23. The van der Waals surface area contributed by atoms with Crippen LogP contribution in [-0.2, 0) is 0 Å². The summed E-state index contributed by atoms with van der Waals surface area (Å²) in [6.45, 7) is 2.63. The Morgan fingerprint density at radius 1 is 1.59 bits per heavy atom. The van der Waals surface area contributed by atoms with E-state index < -0.39 is 6.10 Å². The normalized spacial score (nSPS) is 30.5. The highest BCUT2D eigenvalue weighted by Gasteiger charge is 2.42. The first-order valence-electron chi connectivity index (χ1n) is 6.21. The van der Waals surface area contributed by atoms with Gasteiger partial charge in [0.2, 0.25) is 0 Å². The fraction of sp³-hybridized carbons (Fsp3) is 0.571. The summed E-state index contributed by atoms with van der Waals surface area (Å²) < 4.78 is 13.2. The Kier molecular flexibility index (Phi) is 3.50. The number of halogens is 1. The van der Waals surface area contributed by atoms with E-state index in [-0.39, 0.29) is 11.2 Å². The molecule has 0 aromatic heterocycles. The summed E-state index contributed by atoms with van der Waals surface area (Å²) in [5, 5.41) is 10.5. The summed E-state index contributed by atoms with van der Waals surface area (Å²) in [5.74, 6) is 0.279. The number of rotatable bonds is 3. The van der Waals surface area contributed by atoms with Gasteiger partial charge in [0.25, 0.3) is 0 Å². The molecule has 0 aliphatic heterocycles. The van der Waals surface area contributed by atoms with Gasteiger partial charge in [0.15, 0.2) is 0 Å². The second kappa shape index (κ2) is 4.75. The van der Waals surface area contributed by atoms with E-state index in [0.717, 1.165) is 19.3 Å². The van der Waals surface area contributed by atoms with Crippen molar-refractivity contribution in [2.45, 2.75) is 32.3 Å². The summed E-state index contributed by atoms with van der Waals surface area (Å²) in [4.78, 5) is 0. The maximum atomic E-state index is 13.2. The molecule has 94 valence electrons. The van der Waals surface area contributed by atoms with Crippen molar-refractivity contribution < 1.29 is 9.50 Å². The van der Waals surface area contributed by atoms with Crippen molar-refractivity contribution in [3.63, 3.8) is 0 Å². The van der Waals surface area contributed by atoms with Crippen LogP contribution in [0.15, 0.2) is 24.3 Å². The van der Waals surface area contributed by atoms with Crippen molar-refractivity contribution in [2.75, 3.05) is 6.54 Å². The maximum Gasteiger partial charge on any atom is 0.123 e. The summed E-state index contributed by atoms with van der Waals surface area (Å²) in [6.07, 6.45) is 2.26. The quantitative estimate of drug-likeness (QED) is 0.849. The number of aliphatic hydroxyl groups is 1. The summed E-state index contributed by atoms with van der Waals surface area (Å²) in [7, 11) is 0. The Labute approximate surface area is 102 Å². The zero-order chi connectivity index (χ0) is 12.5. The van der Waals surface area contributed by atoms with Crippen LogP contribution < -0.4 is 5.73 Å². The average Bonchev–Trinajstić information content (AvgIpc) is 2.71. The molecule has 1 aliphatic rings. The predicted octanol–water partition coefficient (Wildman–Crippen LogP) is 2.62. The largest absolute Gasteiger partial charge is 0.388 e. The molecule has 3 atom stereocenters. The molecule has 2 nitrogen and oxygen atoms in total. The third kappa shape index (κ3) is 2.35. The number of hydrogen-bond acceptors (Lipinski definition) is 2. The van der Waals surface area contributed by atoms with Crippen LogP contribution in [0.1, 0.15) is 37.9 Å². The lowest BCUT2D eigenvalue weighted by molar-refractivity contribution is 0.0306. The molecule has 3 heteroatoms. The lowest BCUT2D eigenvalue weighted by atomic mass is 9.77. The van der Waals surface area contributed by atoms with Gasteiger partial charge in [-0.25, -0.2) is 4.39 Å². The fourth-order valence-corrected chi connectivity index (χ4v) is 3.01. The van der Waals surface area contributed by atoms with E-state index in [1.165, 1.54) is 12.1 Å². The van der Waals surface area contributed by atoms with Crippen LogP contribution in [0.3, 0.4) is 0 Å². The van der Waals surface area contributed by atoms with Crippen molar-refractivity contribution in [1.29, 1.82) is 0 Å². The first-order valence-corrected chi connectivity index (χ1v) is 6.21. The van der Waals surface area contributed by atoms with Crippen LogP contribution in [0.25, 0.3) is 0 Å². The molecule has 3 N–H and O–H groups in total. The summed E-state index contributed by atoms with van der Waals surface area (Å²) >= 11 is 0. The maximum absolute atomic E-state index is 13.2. The van der Waals surface area contributed by atoms with E-state index in [1.807, 2.05) is 0 Å². The number of hydrogen-bond donors (Lipinski definition) is 2. The standard InChI is InChI=1S/C14H20FNO/c1-10-5-6-14(8-10,9-16)13(17)11-3-2-4-12(15)7-11/h2-4,7,10,13,17H,5-6,8-9,16H2,1H3. The van der Waals surface area contributed by atoms with Crippen LogP contribution in [-0.4, -0.2) is 11.7 Å². The number of aliphatic hydroxyl groups excluding tert-OH is 1. The molecule has 1 aliphatic carbocycles. The molecule has 0 bridgehead atoms. The first kappa shape index (κ1) is 12.5. The lowest BCUT2D eigenvalue weighted by Crippen LogP contribution is -2.34. The molecule has 0 radical (unpaired) electrons. The van der Waals surface area contributed by atoms with Crippen molar-refractivity contribution >= 4 is 0 Å². The van der Waals surface area contributed by atoms with Crippen molar-refractivity contribution in [2.24, 2.45) is 17.1 Å². The molecule has 0 heterocycles. The minimum Gasteiger partial charge on any atom is -0.388 e. The van der Waals surface area contributed by atoms with Gasteiger partial charge >= 0.3 is 0 Å². The van der Waals surface area contributed by atoms with Gasteiger partial charge in [-0.1, -0.05) is 25.5 Å². The van der Waals surface area contributed by atoms with Crippen LogP contribution in [0.4, 0.5) is 4.39 Å². The molecule has 0 saturated heterocycles. The van der Waals surface area contributed by atoms with Crippen molar-refractivity contribution in [3.05, 3.63) is 35.6 Å². The summed E-state index contributed by atoms with van der Waals surface area (Å²) in [6, 6.07) is 6.21. The van der Waals surface area contributed by atoms with Crippen molar-refractivity contribution in [3.8, 4) is 0 Å². The lowest BCUT2D eigenvalue weighted by Gasteiger charge is -2.33. The molecule has 0 amide bonds. The number of benzene rings is 1. The van der Waals surface area contributed by atoms with Gasteiger partial charge in [0, 0.05) is 12.0 Å². The van der Waals surface area contributed by atoms with Gasteiger partial charge in [0.05, 0.1) is 6.10 Å². The first-order chi connectivity index (χ1) is 8.07. The Bertz CT molecular complexity index is 396. The molecule has 1 aromatic rings. The molecule has 1 fully saturated rings. The van der Waals surface area contributed by atoms with Gasteiger partial charge in [0.1, 0.15) is 5.82 Å². The molecule has 1 aromatic carbocycles. The topological polar surface area (TPSA) is 46.2 Å².